The Hall–Kier alpha value is -1.14. The van der Waals surface area contributed by atoms with Gasteiger partial charge >= 0.3 is 0 Å². The number of rotatable bonds is 14. The van der Waals surface area contributed by atoms with Crippen LogP contribution in [0.1, 0.15) is 36.8 Å². The first-order valence-electron chi connectivity index (χ1n) is 10.0. The smallest absolute Gasteiger partial charge is 0.0415 e. The van der Waals surface area contributed by atoms with Crippen molar-refractivity contribution in [1.82, 2.24) is 10.0 Å². The molecule has 2 atom stereocenters. The summed E-state index contributed by atoms with van der Waals surface area (Å²) in [5.74, 6) is 0. The number of thioether (sulfide) groups is 2. The molecule has 28 heavy (non-hydrogen) atoms. The fraction of sp³-hybridized carbons (Fsp3) is 0.636. The van der Waals surface area contributed by atoms with Crippen molar-refractivity contribution in [3.63, 3.8) is 0 Å². The van der Waals surface area contributed by atoms with E-state index in [9.17, 15) is 0 Å². The van der Waals surface area contributed by atoms with Gasteiger partial charge in [0.15, 0.2) is 0 Å². The van der Waals surface area contributed by atoms with Crippen molar-refractivity contribution < 1.29 is 0 Å². The summed E-state index contributed by atoms with van der Waals surface area (Å²) < 4.78 is 0. The van der Waals surface area contributed by atoms with Crippen LogP contribution in [-0.2, 0) is 12.8 Å². The van der Waals surface area contributed by atoms with E-state index in [0.717, 1.165) is 12.8 Å². The average Bonchev–Trinajstić information content (AvgIpc) is 2.67. The summed E-state index contributed by atoms with van der Waals surface area (Å²) in [6.07, 6.45) is 15.5. The van der Waals surface area contributed by atoms with Crippen LogP contribution < -0.4 is 0 Å². The first kappa shape index (κ1) is 24.9. The summed E-state index contributed by atoms with van der Waals surface area (Å²) in [7, 11) is 7.87. The average molecular weight is 423 g/mol. The minimum Gasteiger partial charge on any atom is -0.303 e. The molecule has 0 aromatic heterocycles. The molecule has 0 saturated carbocycles. The van der Waals surface area contributed by atoms with Crippen LogP contribution >= 0.6 is 23.5 Å². The first-order valence-corrected chi connectivity index (χ1v) is 12.6. The molecule has 158 valence electrons. The lowest BCUT2D eigenvalue weighted by molar-refractivity contribution is 0.439. The third-order valence-corrected chi connectivity index (χ3v) is 6.39. The molecule has 0 heterocycles. The highest BCUT2D eigenvalue weighted by atomic mass is 32.2. The van der Waals surface area contributed by atoms with Gasteiger partial charge in [0.25, 0.3) is 0 Å². The molecule has 0 saturated heterocycles. The van der Waals surface area contributed by atoms with E-state index >= 15 is 0 Å². The fourth-order valence-corrected chi connectivity index (χ4v) is 3.97. The predicted molar refractivity (Wildman–Crippen MR) is 131 cm³/mol. The van der Waals surface area contributed by atoms with E-state index in [4.69, 9.17) is 0 Å². The third-order valence-electron chi connectivity index (χ3n) is 4.46. The van der Waals surface area contributed by atoms with E-state index in [1.807, 2.05) is 61.7 Å². The molecule has 0 aliphatic heterocycles. The van der Waals surface area contributed by atoms with E-state index in [2.05, 4.69) is 59.4 Å². The molecule has 6 heteroatoms. The van der Waals surface area contributed by atoms with Crippen LogP contribution in [0.25, 0.3) is 0 Å². The zero-order valence-electron chi connectivity index (χ0n) is 18.5. The van der Waals surface area contributed by atoms with E-state index in [1.54, 1.807) is 0 Å². The van der Waals surface area contributed by atoms with Crippen molar-refractivity contribution in [2.24, 2.45) is 10.2 Å². The lowest BCUT2D eigenvalue weighted by Gasteiger charge is -2.12. The van der Waals surface area contributed by atoms with E-state index in [0.29, 0.717) is 10.5 Å². The van der Waals surface area contributed by atoms with Crippen LogP contribution in [0.2, 0.25) is 0 Å². The lowest BCUT2D eigenvalue weighted by Crippen LogP contribution is -2.09. The Morgan fingerprint density at radius 1 is 0.750 bits per heavy atom. The standard InChI is InChI=1S/C22H38N4S2/c1-25(2)23-17-21(27-5)11-7-9-19-13-15-20(16-14-19)10-8-12-22(28-6)18-24-26(3)4/h13-18,21-22H,7-12H2,1-6H3/b23-17+,24-18+. The topological polar surface area (TPSA) is 31.2 Å². The Bertz CT molecular complexity index is 519. The molecule has 0 spiro atoms. The monoisotopic (exact) mass is 422 g/mol. The van der Waals surface area contributed by atoms with Gasteiger partial charge in [-0.3, -0.25) is 0 Å². The highest BCUT2D eigenvalue weighted by Gasteiger charge is 2.06. The van der Waals surface area contributed by atoms with Gasteiger partial charge in [0, 0.05) is 51.1 Å². The second-order valence-corrected chi connectivity index (χ2v) is 9.53. The lowest BCUT2D eigenvalue weighted by atomic mass is 10.0. The molecule has 1 rings (SSSR count). The van der Waals surface area contributed by atoms with Gasteiger partial charge < -0.3 is 10.0 Å². The Morgan fingerprint density at radius 3 is 1.39 bits per heavy atom. The Labute approximate surface area is 181 Å². The van der Waals surface area contributed by atoms with Crippen molar-refractivity contribution >= 4 is 36.0 Å². The Morgan fingerprint density at radius 2 is 1.11 bits per heavy atom. The molecule has 0 radical (unpaired) electrons. The van der Waals surface area contributed by atoms with Crippen molar-refractivity contribution in [1.29, 1.82) is 0 Å². The van der Waals surface area contributed by atoms with Gasteiger partial charge in [0.2, 0.25) is 0 Å². The predicted octanol–water partition coefficient (Wildman–Crippen LogP) is 4.89. The highest BCUT2D eigenvalue weighted by molar-refractivity contribution is 8.00. The van der Waals surface area contributed by atoms with Gasteiger partial charge in [-0.05, 0) is 62.2 Å². The molecule has 0 N–H and O–H groups in total. The van der Waals surface area contributed by atoms with Crippen LogP contribution in [0.5, 0.6) is 0 Å². The molecular weight excluding hydrogens is 384 g/mol. The largest absolute Gasteiger partial charge is 0.303 e. The minimum atomic E-state index is 0.502. The maximum atomic E-state index is 4.38. The fourth-order valence-electron chi connectivity index (χ4n) is 2.81. The summed E-state index contributed by atoms with van der Waals surface area (Å²) in [5, 5.41) is 13.5. The molecule has 4 nitrogen and oxygen atoms in total. The van der Waals surface area contributed by atoms with Crippen molar-refractivity contribution in [3.05, 3.63) is 35.4 Å². The number of benzene rings is 1. The Kier molecular flexibility index (Phi) is 13.2. The minimum absolute atomic E-state index is 0.502. The molecule has 0 fully saturated rings. The van der Waals surface area contributed by atoms with Gasteiger partial charge in [0.1, 0.15) is 0 Å². The number of aryl methyl sites for hydroxylation is 2. The van der Waals surface area contributed by atoms with Crippen LogP contribution in [0.3, 0.4) is 0 Å². The molecule has 1 aromatic carbocycles. The SMILES string of the molecule is CSC(/C=N/N(C)C)CCCc1ccc(CCCC(/C=N/N(C)C)SC)cc1. The first-order chi connectivity index (χ1) is 13.4. The number of hydrogen-bond acceptors (Lipinski definition) is 6. The highest BCUT2D eigenvalue weighted by Crippen LogP contribution is 2.17. The molecule has 2 unspecified atom stereocenters. The van der Waals surface area contributed by atoms with Gasteiger partial charge in [-0.2, -0.15) is 33.7 Å². The van der Waals surface area contributed by atoms with E-state index < -0.39 is 0 Å². The maximum absolute atomic E-state index is 4.38. The van der Waals surface area contributed by atoms with Gasteiger partial charge in [-0.25, -0.2) is 0 Å². The number of hydrogen-bond donors (Lipinski definition) is 0. The second kappa shape index (κ2) is 14.8. The van der Waals surface area contributed by atoms with E-state index in [-0.39, 0.29) is 0 Å². The normalized spacial score (nSPS) is 13.9. The van der Waals surface area contributed by atoms with Crippen molar-refractivity contribution in [3.8, 4) is 0 Å². The summed E-state index contributed by atoms with van der Waals surface area (Å²) in [6.45, 7) is 0. The van der Waals surface area contributed by atoms with Crippen LogP contribution in [0.15, 0.2) is 34.5 Å². The summed E-state index contributed by atoms with van der Waals surface area (Å²) in [6, 6.07) is 9.21. The quantitative estimate of drug-likeness (QED) is 0.315. The molecule has 1 aromatic rings. The zero-order valence-corrected chi connectivity index (χ0v) is 20.1. The van der Waals surface area contributed by atoms with Crippen LogP contribution in [0.4, 0.5) is 0 Å². The number of hydrazone groups is 2. The van der Waals surface area contributed by atoms with Gasteiger partial charge in [-0.15, -0.1) is 0 Å². The van der Waals surface area contributed by atoms with Crippen LogP contribution in [-0.4, -0.2) is 73.6 Å². The zero-order chi connectivity index (χ0) is 20.8. The van der Waals surface area contributed by atoms with Gasteiger partial charge in [0.05, 0.1) is 0 Å². The number of nitrogens with zero attached hydrogens (tertiary/aromatic N) is 4. The molecule has 0 bridgehead atoms. The Balaban J connectivity index is 2.35. The summed E-state index contributed by atoms with van der Waals surface area (Å²) in [4.78, 5) is 0. The second-order valence-electron chi connectivity index (χ2n) is 7.37. The molecule has 0 amide bonds. The van der Waals surface area contributed by atoms with Crippen molar-refractivity contribution in [2.45, 2.75) is 49.0 Å². The molecule has 0 aliphatic carbocycles. The summed E-state index contributed by atoms with van der Waals surface area (Å²) >= 11 is 3.76. The van der Waals surface area contributed by atoms with Crippen LogP contribution in [0, 0.1) is 0 Å². The van der Waals surface area contributed by atoms with Crippen molar-refractivity contribution in [2.75, 3.05) is 40.7 Å². The third kappa shape index (κ3) is 11.6. The molecule has 0 aliphatic rings. The molecular formula is C22H38N4S2. The van der Waals surface area contributed by atoms with E-state index in [1.165, 1.54) is 36.8 Å². The summed E-state index contributed by atoms with van der Waals surface area (Å²) in [5.41, 5.74) is 2.88. The van der Waals surface area contributed by atoms with Gasteiger partial charge in [-0.1, -0.05) is 24.3 Å². The maximum Gasteiger partial charge on any atom is 0.0415 e.